The number of fused-ring (bicyclic) bond motifs is 1. The molecule has 0 spiro atoms. The van der Waals surface area contributed by atoms with Crippen LogP contribution in [0.4, 0.5) is 0 Å². The summed E-state index contributed by atoms with van der Waals surface area (Å²) in [5, 5.41) is 2.06. The number of nitrogens with zero attached hydrogens (tertiary/aromatic N) is 1. The van der Waals surface area contributed by atoms with E-state index in [4.69, 9.17) is 4.74 Å². The van der Waals surface area contributed by atoms with Crippen molar-refractivity contribution < 1.29 is 17.9 Å². The van der Waals surface area contributed by atoms with Crippen LogP contribution in [0.3, 0.4) is 0 Å². The van der Waals surface area contributed by atoms with E-state index in [2.05, 4.69) is 16.2 Å². The van der Waals surface area contributed by atoms with E-state index in [0.717, 1.165) is 19.3 Å². The summed E-state index contributed by atoms with van der Waals surface area (Å²) in [5.41, 5.74) is 1.71. The van der Waals surface area contributed by atoms with Crippen molar-refractivity contribution in [2.24, 2.45) is 0 Å². The molecule has 27 heavy (non-hydrogen) atoms. The first-order valence-corrected chi connectivity index (χ1v) is 11.4. The van der Waals surface area contributed by atoms with E-state index < -0.39 is 10.0 Å². The summed E-state index contributed by atoms with van der Waals surface area (Å²) in [5.74, 6) is -0.0666. The highest BCUT2D eigenvalue weighted by Crippen LogP contribution is 2.25. The fraction of sp³-hybridized carbons (Fsp3) is 0.421. The van der Waals surface area contributed by atoms with E-state index in [-0.39, 0.29) is 23.5 Å². The first kappa shape index (κ1) is 18.6. The van der Waals surface area contributed by atoms with Crippen molar-refractivity contribution in [3.63, 3.8) is 0 Å². The minimum Gasteiger partial charge on any atom is -0.377 e. The molecule has 1 aromatic heterocycles. The Kier molecular flexibility index (Phi) is 5.32. The van der Waals surface area contributed by atoms with Crippen molar-refractivity contribution in [2.75, 3.05) is 19.7 Å². The van der Waals surface area contributed by atoms with Gasteiger partial charge in [-0.1, -0.05) is 0 Å². The van der Waals surface area contributed by atoms with Gasteiger partial charge in [-0.3, -0.25) is 4.79 Å². The summed E-state index contributed by atoms with van der Waals surface area (Å²) < 4.78 is 32.9. The van der Waals surface area contributed by atoms with Crippen LogP contribution in [-0.4, -0.2) is 45.0 Å². The highest BCUT2D eigenvalue weighted by Gasteiger charge is 2.24. The number of ether oxygens (including phenoxy) is 1. The van der Waals surface area contributed by atoms with Crippen molar-refractivity contribution in [1.29, 1.82) is 0 Å². The van der Waals surface area contributed by atoms with E-state index in [1.807, 2.05) is 4.90 Å². The minimum atomic E-state index is -3.60. The standard InChI is InChI=1S/C19H22N2O4S2/c22-19(21-9-7-18-15(13-21)8-11-26-18)14-3-5-17(6-4-14)27(23,24)20-12-16-2-1-10-25-16/h3-6,8,11,16,20H,1-2,7,9-10,12-13H2. The minimum absolute atomic E-state index is 0.0540. The molecule has 8 heteroatoms. The monoisotopic (exact) mass is 406 g/mol. The molecule has 0 radical (unpaired) electrons. The van der Waals surface area contributed by atoms with Crippen LogP contribution in [-0.2, 0) is 27.7 Å². The molecule has 0 saturated carbocycles. The summed E-state index contributed by atoms with van der Waals surface area (Å²) in [7, 11) is -3.60. The lowest BCUT2D eigenvalue weighted by molar-refractivity contribution is 0.0735. The topological polar surface area (TPSA) is 75.7 Å². The fourth-order valence-electron chi connectivity index (χ4n) is 3.47. The molecule has 1 unspecified atom stereocenters. The van der Waals surface area contributed by atoms with Gasteiger partial charge < -0.3 is 9.64 Å². The average Bonchev–Trinajstić information content (AvgIpc) is 3.37. The Bertz CT molecular complexity index is 915. The maximum atomic E-state index is 12.7. The number of nitrogens with one attached hydrogen (secondary N) is 1. The number of hydrogen-bond acceptors (Lipinski definition) is 5. The molecular formula is C19H22N2O4S2. The molecule has 1 atom stereocenters. The van der Waals surface area contributed by atoms with Crippen molar-refractivity contribution in [3.8, 4) is 0 Å². The Labute approximate surface area is 163 Å². The van der Waals surface area contributed by atoms with E-state index in [1.54, 1.807) is 23.5 Å². The Morgan fingerprint density at radius 1 is 1.26 bits per heavy atom. The molecule has 1 amide bonds. The second-order valence-electron chi connectivity index (χ2n) is 6.86. The quantitative estimate of drug-likeness (QED) is 0.827. The average molecular weight is 407 g/mol. The largest absolute Gasteiger partial charge is 0.377 e. The van der Waals surface area contributed by atoms with Gasteiger partial charge in [0.05, 0.1) is 11.0 Å². The molecule has 0 bridgehead atoms. The van der Waals surface area contributed by atoms with Crippen LogP contribution in [0, 0.1) is 0 Å². The number of carbonyl (C=O) groups excluding carboxylic acids is 1. The first-order chi connectivity index (χ1) is 13.0. The van der Waals surface area contributed by atoms with Crippen LogP contribution in [0.2, 0.25) is 0 Å². The van der Waals surface area contributed by atoms with Gasteiger partial charge in [0, 0.05) is 36.7 Å². The third-order valence-electron chi connectivity index (χ3n) is 5.03. The van der Waals surface area contributed by atoms with Crippen LogP contribution in [0.5, 0.6) is 0 Å². The molecule has 2 aliphatic heterocycles. The zero-order chi connectivity index (χ0) is 18.9. The van der Waals surface area contributed by atoms with E-state index >= 15 is 0 Å². The Morgan fingerprint density at radius 2 is 2.07 bits per heavy atom. The van der Waals surface area contributed by atoms with Gasteiger partial charge in [0.2, 0.25) is 10.0 Å². The zero-order valence-electron chi connectivity index (χ0n) is 14.9. The van der Waals surface area contributed by atoms with Gasteiger partial charge in [0.15, 0.2) is 0 Å². The van der Waals surface area contributed by atoms with Gasteiger partial charge >= 0.3 is 0 Å². The van der Waals surface area contributed by atoms with Gasteiger partial charge in [-0.15, -0.1) is 11.3 Å². The van der Waals surface area contributed by atoms with E-state index in [9.17, 15) is 13.2 Å². The molecule has 0 aliphatic carbocycles. The molecule has 1 aromatic carbocycles. The molecule has 1 N–H and O–H groups in total. The second-order valence-corrected chi connectivity index (χ2v) is 9.62. The van der Waals surface area contributed by atoms with Crippen LogP contribution >= 0.6 is 11.3 Å². The molecular weight excluding hydrogens is 384 g/mol. The van der Waals surface area contributed by atoms with E-state index in [0.29, 0.717) is 25.3 Å². The molecule has 6 nitrogen and oxygen atoms in total. The van der Waals surface area contributed by atoms with Crippen LogP contribution in [0.1, 0.15) is 33.6 Å². The zero-order valence-corrected chi connectivity index (χ0v) is 16.5. The van der Waals surface area contributed by atoms with Gasteiger partial charge in [0.1, 0.15) is 0 Å². The highest BCUT2D eigenvalue weighted by molar-refractivity contribution is 7.89. The molecule has 144 valence electrons. The number of benzene rings is 1. The van der Waals surface area contributed by atoms with Crippen molar-refractivity contribution >= 4 is 27.3 Å². The number of rotatable bonds is 5. The van der Waals surface area contributed by atoms with E-state index in [1.165, 1.54) is 22.6 Å². The predicted octanol–water partition coefficient (Wildman–Crippen LogP) is 2.40. The smallest absolute Gasteiger partial charge is 0.254 e. The lowest BCUT2D eigenvalue weighted by Gasteiger charge is -2.27. The van der Waals surface area contributed by atoms with Crippen LogP contribution < -0.4 is 4.72 Å². The molecule has 4 rings (SSSR count). The van der Waals surface area contributed by atoms with Gasteiger partial charge in [-0.2, -0.15) is 0 Å². The highest BCUT2D eigenvalue weighted by atomic mass is 32.2. The summed E-state index contributed by atoms with van der Waals surface area (Å²) in [6.45, 7) is 2.27. The SMILES string of the molecule is O=C(c1ccc(S(=O)(=O)NCC2CCCO2)cc1)N1CCc2sccc2C1. The Morgan fingerprint density at radius 3 is 2.81 bits per heavy atom. The molecule has 2 aliphatic rings. The number of sulfonamides is 1. The fourth-order valence-corrected chi connectivity index (χ4v) is 5.43. The number of thiophene rings is 1. The maximum absolute atomic E-state index is 12.7. The molecule has 2 aromatic rings. The molecule has 1 saturated heterocycles. The van der Waals surface area contributed by atoms with Gasteiger partial charge in [-0.25, -0.2) is 13.1 Å². The van der Waals surface area contributed by atoms with Crippen molar-refractivity contribution in [1.82, 2.24) is 9.62 Å². The van der Waals surface area contributed by atoms with Crippen molar-refractivity contribution in [2.45, 2.75) is 36.8 Å². The third kappa shape index (κ3) is 4.08. The third-order valence-corrected chi connectivity index (χ3v) is 7.49. The number of hydrogen-bond donors (Lipinski definition) is 1. The summed E-state index contributed by atoms with van der Waals surface area (Å²) in [4.78, 5) is 16.1. The van der Waals surface area contributed by atoms with Crippen LogP contribution in [0.25, 0.3) is 0 Å². The Hall–Kier alpha value is -1.74. The lowest BCUT2D eigenvalue weighted by Crippen LogP contribution is -2.35. The molecule has 1 fully saturated rings. The Balaban J connectivity index is 1.41. The first-order valence-electron chi connectivity index (χ1n) is 9.09. The normalized spacial score (nSPS) is 19.9. The van der Waals surface area contributed by atoms with Gasteiger partial charge in [0.25, 0.3) is 5.91 Å². The maximum Gasteiger partial charge on any atom is 0.254 e. The summed E-state index contributed by atoms with van der Waals surface area (Å²) in [6.07, 6.45) is 2.66. The lowest BCUT2D eigenvalue weighted by atomic mass is 10.1. The van der Waals surface area contributed by atoms with Crippen molar-refractivity contribution in [3.05, 3.63) is 51.7 Å². The molecule has 3 heterocycles. The second kappa shape index (κ2) is 7.71. The summed E-state index contributed by atoms with van der Waals surface area (Å²) >= 11 is 1.73. The summed E-state index contributed by atoms with van der Waals surface area (Å²) in [6, 6.07) is 8.23. The predicted molar refractivity (Wildman–Crippen MR) is 103 cm³/mol. The number of carbonyl (C=O) groups is 1. The van der Waals surface area contributed by atoms with Crippen LogP contribution in [0.15, 0.2) is 40.6 Å². The van der Waals surface area contributed by atoms with Gasteiger partial charge in [-0.05, 0) is 60.5 Å². The number of amides is 1.